The van der Waals surface area contributed by atoms with Crippen LogP contribution in [0.2, 0.25) is 10.0 Å². The fraction of sp³-hybridized carbons (Fsp3) is 0.192. The zero-order valence-electron chi connectivity index (χ0n) is 19.6. The van der Waals surface area contributed by atoms with Crippen molar-refractivity contribution in [3.8, 4) is 16.9 Å². The molecular formula is C26H23Cl2N3O4. The lowest BCUT2D eigenvalue weighted by molar-refractivity contribution is -0.137. The number of para-hydroxylation sites is 1. The number of carbonyl (C=O) groups excluding carboxylic acids is 2. The highest BCUT2D eigenvalue weighted by atomic mass is 35.5. The van der Waals surface area contributed by atoms with Gasteiger partial charge in [-0.1, -0.05) is 47.5 Å². The highest BCUT2D eigenvalue weighted by Crippen LogP contribution is 2.43. The molecule has 0 unspecified atom stereocenters. The van der Waals surface area contributed by atoms with Crippen LogP contribution in [0.3, 0.4) is 0 Å². The van der Waals surface area contributed by atoms with Gasteiger partial charge in [0.05, 0.1) is 52.7 Å². The Morgan fingerprint density at radius 1 is 0.914 bits per heavy atom. The Morgan fingerprint density at radius 3 is 2.06 bits per heavy atom. The molecule has 4 rings (SSSR count). The van der Waals surface area contributed by atoms with Crippen LogP contribution in [0.1, 0.15) is 25.3 Å². The molecule has 0 aliphatic carbocycles. The number of methoxy groups -OCH3 is 2. The highest BCUT2D eigenvalue weighted by molar-refractivity contribution is 6.42. The lowest BCUT2D eigenvalue weighted by atomic mass is 9.79. The number of ether oxygens (including phenoxy) is 2. The van der Waals surface area contributed by atoms with Crippen LogP contribution in [0, 0.1) is 0 Å². The number of nitrogens with one attached hydrogen (secondary N) is 1. The molecule has 9 heteroatoms. The van der Waals surface area contributed by atoms with Gasteiger partial charge in [0.25, 0.3) is 0 Å². The normalized spacial score (nSPS) is 14.1. The summed E-state index contributed by atoms with van der Waals surface area (Å²) in [4.78, 5) is 26.0. The molecule has 0 bridgehead atoms. The second-order valence-corrected chi connectivity index (χ2v) is 8.77. The first-order valence-corrected chi connectivity index (χ1v) is 11.5. The smallest absolute Gasteiger partial charge is 0.336 e. The number of esters is 2. The molecule has 0 atom stereocenters. The summed E-state index contributed by atoms with van der Waals surface area (Å²) in [6.07, 6.45) is 1.80. The van der Waals surface area contributed by atoms with E-state index in [-0.39, 0.29) is 11.1 Å². The number of carbonyl (C=O) groups is 2. The topological polar surface area (TPSA) is 82.5 Å². The van der Waals surface area contributed by atoms with Crippen LogP contribution in [0.4, 0.5) is 0 Å². The van der Waals surface area contributed by atoms with Crippen molar-refractivity contribution in [3.05, 3.63) is 92.9 Å². The molecule has 180 valence electrons. The molecule has 0 spiro atoms. The van der Waals surface area contributed by atoms with Gasteiger partial charge in [0.2, 0.25) is 0 Å². The predicted molar refractivity (Wildman–Crippen MR) is 134 cm³/mol. The Bertz CT molecular complexity index is 1340. The zero-order chi connectivity index (χ0) is 25.3. The van der Waals surface area contributed by atoms with E-state index < -0.39 is 17.9 Å². The van der Waals surface area contributed by atoms with Crippen LogP contribution in [-0.2, 0) is 19.1 Å². The minimum atomic E-state index is -0.807. The summed E-state index contributed by atoms with van der Waals surface area (Å²) in [5.74, 6) is -1.94. The number of dihydropyridines is 1. The van der Waals surface area contributed by atoms with Crippen molar-refractivity contribution in [2.24, 2.45) is 0 Å². The Balaban J connectivity index is 2.04. The Hall–Kier alpha value is -3.55. The molecule has 2 heterocycles. The molecular weight excluding hydrogens is 489 g/mol. The lowest BCUT2D eigenvalue weighted by Crippen LogP contribution is -2.32. The summed E-state index contributed by atoms with van der Waals surface area (Å²) >= 11 is 12.5. The van der Waals surface area contributed by atoms with Gasteiger partial charge in [-0.25, -0.2) is 14.3 Å². The number of halogens is 2. The lowest BCUT2D eigenvalue weighted by Gasteiger charge is -2.29. The van der Waals surface area contributed by atoms with Gasteiger partial charge < -0.3 is 14.8 Å². The zero-order valence-corrected chi connectivity index (χ0v) is 21.1. The molecule has 7 nitrogen and oxygen atoms in total. The van der Waals surface area contributed by atoms with Gasteiger partial charge in [0.1, 0.15) is 0 Å². The Labute approximate surface area is 212 Å². The van der Waals surface area contributed by atoms with Crippen molar-refractivity contribution >= 4 is 35.1 Å². The molecule has 1 N–H and O–H groups in total. The van der Waals surface area contributed by atoms with Gasteiger partial charge in [0, 0.05) is 28.7 Å². The average molecular weight is 512 g/mol. The molecule has 35 heavy (non-hydrogen) atoms. The van der Waals surface area contributed by atoms with E-state index in [9.17, 15) is 9.59 Å². The number of nitrogens with zero attached hydrogens (tertiary/aromatic N) is 2. The standard InChI is InChI=1S/C26H23Cl2N3O4/c1-14-21(25(32)34-3)23(22(15(2)29-14)26(33)35-4)18-13-31(17-8-6-5-7-9-17)30-24(18)16-10-11-19(27)20(28)12-16/h5-13,23,29H,1-4H3. The van der Waals surface area contributed by atoms with Crippen molar-refractivity contribution in [1.82, 2.24) is 15.1 Å². The fourth-order valence-electron chi connectivity index (χ4n) is 4.25. The van der Waals surface area contributed by atoms with Gasteiger partial charge in [-0.2, -0.15) is 5.10 Å². The molecule has 0 radical (unpaired) electrons. The number of hydrogen-bond acceptors (Lipinski definition) is 6. The summed E-state index contributed by atoms with van der Waals surface area (Å²) in [7, 11) is 2.60. The maximum Gasteiger partial charge on any atom is 0.336 e. The molecule has 2 aromatic carbocycles. The summed E-state index contributed by atoms with van der Waals surface area (Å²) in [6, 6.07) is 14.7. The maximum absolute atomic E-state index is 13.0. The Kier molecular flexibility index (Phi) is 7.00. The van der Waals surface area contributed by atoms with E-state index in [4.69, 9.17) is 37.8 Å². The monoisotopic (exact) mass is 511 g/mol. The van der Waals surface area contributed by atoms with Crippen LogP contribution < -0.4 is 5.32 Å². The van der Waals surface area contributed by atoms with Crippen molar-refractivity contribution in [2.45, 2.75) is 19.8 Å². The minimum absolute atomic E-state index is 0.285. The van der Waals surface area contributed by atoms with Crippen LogP contribution in [0.5, 0.6) is 0 Å². The molecule has 0 saturated heterocycles. The number of benzene rings is 2. The van der Waals surface area contributed by atoms with E-state index in [0.717, 1.165) is 5.69 Å². The van der Waals surface area contributed by atoms with E-state index in [0.29, 0.717) is 38.3 Å². The molecule has 0 saturated carbocycles. The van der Waals surface area contributed by atoms with Crippen LogP contribution in [0.15, 0.2) is 77.3 Å². The minimum Gasteiger partial charge on any atom is -0.466 e. The molecule has 1 aliphatic heterocycles. The first-order valence-electron chi connectivity index (χ1n) is 10.7. The SMILES string of the molecule is COC(=O)C1=C(C)NC(C)=C(C(=O)OC)C1c1cn(-c2ccccc2)nc1-c1ccc(Cl)c(Cl)c1. The van der Waals surface area contributed by atoms with E-state index in [1.165, 1.54) is 14.2 Å². The van der Waals surface area contributed by atoms with E-state index in [1.807, 2.05) is 30.3 Å². The van der Waals surface area contributed by atoms with E-state index in [1.54, 1.807) is 42.9 Å². The third kappa shape index (κ3) is 4.57. The number of rotatable bonds is 5. The maximum atomic E-state index is 13.0. The van der Waals surface area contributed by atoms with Gasteiger partial charge in [-0.05, 0) is 38.1 Å². The molecule has 1 aromatic heterocycles. The Morgan fingerprint density at radius 2 is 1.51 bits per heavy atom. The van der Waals surface area contributed by atoms with Crippen molar-refractivity contribution < 1.29 is 19.1 Å². The quantitative estimate of drug-likeness (QED) is 0.460. The summed E-state index contributed by atoms with van der Waals surface area (Å²) in [6.45, 7) is 3.52. The molecule has 0 amide bonds. The summed E-state index contributed by atoms with van der Waals surface area (Å²) in [5.41, 5.74) is 4.32. The number of hydrogen-bond donors (Lipinski definition) is 1. The van der Waals surface area contributed by atoms with Gasteiger partial charge in [-0.3, -0.25) is 0 Å². The van der Waals surface area contributed by atoms with Crippen molar-refractivity contribution in [2.75, 3.05) is 14.2 Å². The van der Waals surface area contributed by atoms with E-state index >= 15 is 0 Å². The first-order chi connectivity index (χ1) is 16.8. The molecule has 0 fully saturated rings. The number of aromatic nitrogens is 2. The third-order valence-corrected chi connectivity index (χ3v) is 6.58. The predicted octanol–water partition coefficient (Wildman–Crippen LogP) is 5.43. The highest BCUT2D eigenvalue weighted by Gasteiger charge is 2.40. The van der Waals surface area contributed by atoms with Gasteiger partial charge in [-0.15, -0.1) is 0 Å². The van der Waals surface area contributed by atoms with Crippen molar-refractivity contribution in [3.63, 3.8) is 0 Å². The summed E-state index contributed by atoms with van der Waals surface area (Å²) in [5, 5.41) is 8.70. The molecule has 1 aliphatic rings. The van der Waals surface area contributed by atoms with Gasteiger partial charge in [0.15, 0.2) is 0 Å². The summed E-state index contributed by atoms with van der Waals surface area (Å²) < 4.78 is 11.9. The second kappa shape index (κ2) is 9.98. The van der Waals surface area contributed by atoms with Crippen LogP contribution >= 0.6 is 23.2 Å². The van der Waals surface area contributed by atoms with Gasteiger partial charge >= 0.3 is 11.9 Å². The third-order valence-electron chi connectivity index (χ3n) is 5.84. The first kappa shape index (κ1) is 24.6. The molecule has 3 aromatic rings. The largest absolute Gasteiger partial charge is 0.466 e. The van der Waals surface area contributed by atoms with E-state index in [2.05, 4.69) is 5.32 Å². The second-order valence-electron chi connectivity index (χ2n) is 7.96. The average Bonchev–Trinajstić information content (AvgIpc) is 3.30. The van der Waals surface area contributed by atoms with Crippen molar-refractivity contribution in [1.29, 1.82) is 0 Å². The fourth-order valence-corrected chi connectivity index (χ4v) is 4.54. The number of allylic oxidation sites excluding steroid dienone is 2. The van der Waals surface area contributed by atoms with Crippen LogP contribution in [-0.4, -0.2) is 35.9 Å². The van der Waals surface area contributed by atoms with Crippen LogP contribution in [0.25, 0.3) is 16.9 Å².